The number of rotatable bonds is 9. The summed E-state index contributed by atoms with van der Waals surface area (Å²) in [4.78, 5) is 34.6. The highest BCUT2D eigenvalue weighted by molar-refractivity contribution is 8.07. The molecular weight excluding hydrogens is 347 g/mol. The molecule has 0 aliphatic rings. The molecule has 132 valence electrons. The summed E-state index contributed by atoms with van der Waals surface area (Å²) >= 11 is 4.73. The number of aromatic nitrogens is 2. The van der Waals surface area contributed by atoms with Crippen molar-refractivity contribution >= 4 is 18.5 Å². The summed E-state index contributed by atoms with van der Waals surface area (Å²) in [5.74, 6) is 0. The number of nitrogens with zero attached hydrogens (tertiary/aromatic N) is 1. The summed E-state index contributed by atoms with van der Waals surface area (Å²) in [5.41, 5.74) is -1.25. The van der Waals surface area contributed by atoms with E-state index in [2.05, 4.69) is 9.51 Å². The van der Waals surface area contributed by atoms with Crippen LogP contribution in [-0.2, 0) is 25.6 Å². The molecule has 23 heavy (non-hydrogen) atoms. The summed E-state index contributed by atoms with van der Waals surface area (Å²) in [6.45, 7) is -0.143. The lowest BCUT2D eigenvalue weighted by molar-refractivity contribution is -0.125. The molecule has 0 radical (unpaired) electrons. The van der Waals surface area contributed by atoms with Crippen molar-refractivity contribution in [3.05, 3.63) is 33.1 Å². The van der Waals surface area contributed by atoms with E-state index in [1.807, 2.05) is 0 Å². The maximum absolute atomic E-state index is 11.8. The van der Waals surface area contributed by atoms with Gasteiger partial charge in [0.25, 0.3) is 5.56 Å². The molecule has 2 unspecified atom stereocenters. The molecule has 1 rings (SSSR count). The van der Waals surface area contributed by atoms with E-state index in [0.717, 1.165) is 10.6 Å². The minimum Gasteiger partial charge on any atom is -0.389 e. The lowest BCUT2D eigenvalue weighted by Crippen LogP contribution is -2.39. The number of hydrogen-bond donors (Lipinski definition) is 3. The fraction of sp³-hybridized carbons (Fsp3) is 0.667. The number of aliphatic hydroxyl groups excluding tert-OH is 1. The molecule has 1 aromatic rings. The number of aliphatic hydroxyl groups is 1. The number of H-pyrrole nitrogens is 1. The Labute approximate surface area is 138 Å². The molecular formula is C12H21N2O7PS. The van der Waals surface area contributed by atoms with E-state index >= 15 is 0 Å². The first-order valence-electron chi connectivity index (χ1n) is 6.88. The van der Waals surface area contributed by atoms with Gasteiger partial charge in [0.05, 0.1) is 18.8 Å². The largest absolute Gasteiger partial charge is 0.389 e. The van der Waals surface area contributed by atoms with Crippen LogP contribution < -0.4 is 11.2 Å². The van der Waals surface area contributed by atoms with E-state index in [1.165, 1.54) is 20.2 Å². The van der Waals surface area contributed by atoms with Gasteiger partial charge in [-0.15, -0.1) is 0 Å². The first kappa shape index (κ1) is 20.2. The summed E-state index contributed by atoms with van der Waals surface area (Å²) in [5, 5.41) is 9.87. The molecule has 0 aliphatic carbocycles. The predicted molar refractivity (Wildman–Crippen MR) is 86.7 cm³/mol. The van der Waals surface area contributed by atoms with Gasteiger partial charge in [0.1, 0.15) is 0 Å². The highest BCUT2D eigenvalue weighted by Crippen LogP contribution is 2.42. The molecule has 0 spiro atoms. The molecule has 0 aliphatic heterocycles. The molecule has 11 heteroatoms. The fourth-order valence-electron chi connectivity index (χ4n) is 1.72. The Morgan fingerprint density at radius 3 is 2.61 bits per heavy atom. The van der Waals surface area contributed by atoms with Crippen LogP contribution in [-0.4, -0.2) is 45.5 Å². The Morgan fingerprint density at radius 1 is 1.48 bits per heavy atom. The Morgan fingerprint density at radius 2 is 2.13 bits per heavy atom. The average molecular weight is 368 g/mol. The lowest BCUT2D eigenvalue weighted by atomic mass is 10.2. The highest BCUT2D eigenvalue weighted by atomic mass is 32.5. The van der Waals surface area contributed by atoms with Crippen molar-refractivity contribution in [3.8, 4) is 0 Å². The Kier molecular flexibility index (Phi) is 7.75. The molecule has 0 bridgehead atoms. The van der Waals surface area contributed by atoms with Crippen molar-refractivity contribution in [2.24, 2.45) is 0 Å². The second kappa shape index (κ2) is 8.84. The first-order valence-corrected chi connectivity index (χ1v) is 9.47. The van der Waals surface area contributed by atoms with Gasteiger partial charge in [-0.05, 0) is 25.2 Å². The summed E-state index contributed by atoms with van der Waals surface area (Å²) in [6.07, 6.45) is -0.921. The molecule has 0 saturated carbocycles. The number of nitrogens with one attached hydrogen (secondary N) is 1. The predicted octanol–water partition coefficient (Wildman–Crippen LogP) is 0.0910. The molecule has 1 heterocycles. The van der Waals surface area contributed by atoms with E-state index in [9.17, 15) is 19.6 Å². The van der Waals surface area contributed by atoms with Crippen LogP contribution in [0, 0.1) is 0 Å². The third kappa shape index (κ3) is 6.27. The van der Waals surface area contributed by atoms with Crippen LogP contribution in [0.5, 0.6) is 0 Å². The molecule has 9 nitrogen and oxygen atoms in total. The molecule has 3 N–H and O–H groups in total. The van der Waals surface area contributed by atoms with Crippen LogP contribution in [0.3, 0.4) is 0 Å². The van der Waals surface area contributed by atoms with Crippen LogP contribution >= 0.6 is 6.72 Å². The second-order valence-corrected chi connectivity index (χ2v) is 7.71. The second-order valence-electron chi connectivity index (χ2n) is 4.76. The standard InChI is InChI=1S/C12H21N2O7PS/c1-4-9(7-20-22(18,23)19-3)21-11(8(2)15)14-6-5-10(16)13-12(14)17/h5-6,8-9,11,15H,4,7H2,1-3H3,(H,18,23)(H,13,16,17)/t8-,9?,11+,22?/m0/s1. The minimum atomic E-state index is -3.32. The zero-order valence-electron chi connectivity index (χ0n) is 13.0. The zero-order valence-corrected chi connectivity index (χ0v) is 14.8. The zero-order chi connectivity index (χ0) is 17.6. The number of hydrogen-bond acceptors (Lipinski definition) is 7. The van der Waals surface area contributed by atoms with Gasteiger partial charge in [-0.25, -0.2) is 4.79 Å². The van der Waals surface area contributed by atoms with E-state index in [0.29, 0.717) is 6.42 Å². The van der Waals surface area contributed by atoms with E-state index in [-0.39, 0.29) is 6.61 Å². The Bertz CT molecular complexity index is 659. The third-order valence-corrected chi connectivity index (χ3v) is 4.68. The molecule has 4 atom stereocenters. The summed E-state index contributed by atoms with van der Waals surface area (Å²) in [6, 6.07) is 1.15. The molecule has 0 saturated heterocycles. The molecule has 0 aromatic carbocycles. The van der Waals surface area contributed by atoms with Gasteiger partial charge >= 0.3 is 12.4 Å². The van der Waals surface area contributed by atoms with Crippen molar-refractivity contribution < 1.29 is 23.8 Å². The van der Waals surface area contributed by atoms with Gasteiger partial charge in [-0.3, -0.25) is 14.3 Å². The quantitative estimate of drug-likeness (QED) is 0.524. The van der Waals surface area contributed by atoms with E-state index in [4.69, 9.17) is 21.1 Å². The van der Waals surface area contributed by atoms with Crippen molar-refractivity contribution in [1.29, 1.82) is 0 Å². The highest BCUT2D eigenvalue weighted by Gasteiger charge is 2.25. The summed E-state index contributed by atoms with van der Waals surface area (Å²) in [7, 11) is 1.24. The van der Waals surface area contributed by atoms with E-state index < -0.39 is 36.4 Å². The fourth-order valence-corrected chi connectivity index (χ4v) is 2.36. The van der Waals surface area contributed by atoms with Crippen LogP contribution in [0.25, 0.3) is 0 Å². The van der Waals surface area contributed by atoms with Crippen molar-refractivity contribution in [2.75, 3.05) is 13.7 Å². The monoisotopic (exact) mass is 368 g/mol. The Hall–Kier alpha value is -0.870. The first-order chi connectivity index (χ1) is 10.7. The molecule has 1 aromatic heterocycles. The van der Waals surface area contributed by atoms with Crippen molar-refractivity contribution in [1.82, 2.24) is 9.55 Å². The van der Waals surface area contributed by atoms with Crippen LogP contribution in [0.15, 0.2) is 21.9 Å². The van der Waals surface area contributed by atoms with Gasteiger partial charge in [0.2, 0.25) is 0 Å². The van der Waals surface area contributed by atoms with Crippen molar-refractivity contribution in [2.45, 2.75) is 38.7 Å². The van der Waals surface area contributed by atoms with Crippen LogP contribution in [0.2, 0.25) is 0 Å². The molecule has 0 fully saturated rings. The van der Waals surface area contributed by atoms with Crippen LogP contribution in [0.4, 0.5) is 0 Å². The van der Waals surface area contributed by atoms with Gasteiger partial charge in [-0.2, -0.15) is 0 Å². The van der Waals surface area contributed by atoms with Crippen LogP contribution in [0.1, 0.15) is 26.5 Å². The average Bonchev–Trinajstić information content (AvgIpc) is 2.48. The van der Waals surface area contributed by atoms with Crippen molar-refractivity contribution in [3.63, 3.8) is 0 Å². The maximum atomic E-state index is 11.8. The van der Waals surface area contributed by atoms with Gasteiger partial charge in [-0.1, -0.05) is 6.92 Å². The van der Waals surface area contributed by atoms with Gasteiger partial charge < -0.3 is 23.8 Å². The molecule has 0 amide bonds. The minimum absolute atomic E-state index is 0.0700. The lowest BCUT2D eigenvalue weighted by Gasteiger charge is -2.28. The topological polar surface area (TPSA) is 123 Å². The normalized spacial score (nSPS) is 18.1. The maximum Gasteiger partial charge on any atom is 0.330 e. The Balaban J connectivity index is 2.91. The summed E-state index contributed by atoms with van der Waals surface area (Å²) < 4.78 is 16.5. The number of aromatic amines is 1. The SMILES string of the molecule is CCC(COP(O)(=S)OC)O[C@H]([C@H](C)O)n1ccc(=O)[nH]c1=O. The smallest absolute Gasteiger partial charge is 0.330 e. The third-order valence-electron chi connectivity index (χ3n) is 2.98. The van der Waals surface area contributed by atoms with Gasteiger partial charge in [0, 0.05) is 19.4 Å². The number of ether oxygens (including phenoxy) is 1. The van der Waals surface area contributed by atoms with Gasteiger partial charge in [0.15, 0.2) is 6.23 Å². The van der Waals surface area contributed by atoms with E-state index in [1.54, 1.807) is 6.92 Å².